The van der Waals surface area contributed by atoms with Gasteiger partial charge in [0.15, 0.2) is 5.60 Å². The van der Waals surface area contributed by atoms with E-state index in [1.54, 1.807) is 69.3 Å². The van der Waals surface area contributed by atoms with Crippen LogP contribution < -0.4 is 10.7 Å². The number of rotatable bonds is 11. The lowest BCUT2D eigenvalue weighted by molar-refractivity contribution is -0.197. The number of hydrogen-bond acceptors (Lipinski definition) is 7. The van der Waals surface area contributed by atoms with Crippen molar-refractivity contribution in [2.75, 3.05) is 13.7 Å². The van der Waals surface area contributed by atoms with Gasteiger partial charge in [0.25, 0.3) is 11.8 Å². The largest absolute Gasteiger partial charge is 0.453 e. The average molecular weight is 627 g/mol. The van der Waals surface area contributed by atoms with E-state index >= 15 is 0 Å². The lowest BCUT2D eigenvalue weighted by Gasteiger charge is -2.39. The normalized spacial score (nSPS) is 16.6. The van der Waals surface area contributed by atoms with Gasteiger partial charge in [0.05, 0.1) is 19.7 Å². The highest BCUT2D eigenvalue weighted by atomic mass is 16.5. The third-order valence-corrected chi connectivity index (χ3v) is 8.21. The number of amides is 3. The van der Waals surface area contributed by atoms with Gasteiger partial charge in [0, 0.05) is 6.42 Å². The van der Waals surface area contributed by atoms with Gasteiger partial charge in [-0.15, -0.1) is 6.42 Å². The first-order chi connectivity index (χ1) is 21.9. The molecule has 0 fully saturated rings. The zero-order valence-corrected chi connectivity index (χ0v) is 26.6. The number of methoxy groups -OCH3 is 1. The van der Waals surface area contributed by atoms with Crippen molar-refractivity contribution in [3.05, 3.63) is 107 Å². The highest BCUT2D eigenvalue weighted by molar-refractivity contribution is 5.87. The van der Waals surface area contributed by atoms with Gasteiger partial charge in [-0.3, -0.25) is 19.8 Å². The molecular weight excluding hydrogens is 584 g/mol. The van der Waals surface area contributed by atoms with E-state index in [0.717, 1.165) is 16.1 Å². The van der Waals surface area contributed by atoms with Crippen LogP contribution in [0.3, 0.4) is 0 Å². The maximum Gasteiger partial charge on any atom is 0.407 e. The lowest BCUT2D eigenvalue weighted by Crippen LogP contribution is -2.63. The van der Waals surface area contributed by atoms with Gasteiger partial charge in [-0.25, -0.2) is 15.3 Å². The third kappa shape index (κ3) is 7.74. The van der Waals surface area contributed by atoms with Crippen LogP contribution in [0.1, 0.15) is 61.5 Å². The number of terminal acetylenes is 1. The van der Waals surface area contributed by atoms with Gasteiger partial charge in [-0.05, 0) is 40.5 Å². The van der Waals surface area contributed by atoms with Crippen molar-refractivity contribution in [3.63, 3.8) is 0 Å². The fourth-order valence-corrected chi connectivity index (χ4v) is 5.72. The topological polar surface area (TPSA) is 131 Å². The van der Waals surface area contributed by atoms with E-state index in [-0.39, 0.29) is 6.42 Å². The zero-order valence-electron chi connectivity index (χ0n) is 26.6. The minimum atomic E-state index is -2.23. The number of nitrogens with zero attached hydrogens (tertiary/aromatic N) is 2. The number of hydroxylamine groups is 2. The van der Waals surface area contributed by atoms with Gasteiger partial charge in [-0.1, -0.05) is 112 Å². The Balaban J connectivity index is 1.72. The maximum atomic E-state index is 14.3. The number of fused-ring (bicyclic) bond motifs is 1. The van der Waals surface area contributed by atoms with Crippen molar-refractivity contribution in [2.45, 2.75) is 63.8 Å². The Kier molecular flexibility index (Phi) is 10.9. The Morgan fingerprint density at radius 1 is 1.00 bits per heavy atom. The fourth-order valence-electron chi connectivity index (χ4n) is 5.72. The third-order valence-electron chi connectivity index (χ3n) is 8.21. The van der Waals surface area contributed by atoms with Gasteiger partial charge in [0.2, 0.25) is 0 Å². The number of nitrogens with one attached hydrogen (secondary N) is 2. The van der Waals surface area contributed by atoms with Crippen molar-refractivity contribution in [3.8, 4) is 12.3 Å². The quantitative estimate of drug-likeness (QED) is 0.141. The highest BCUT2D eigenvalue weighted by Crippen LogP contribution is 2.36. The smallest absolute Gasteiger partial charge is 0.407 e. The second kappa shape index (κ2) is 14.6. The molecule has 0 spiro atoms. The molecule has 3 aromatic rings. The standard InChI is InChI=1S/C36H42N4O6/c1-6-29(27-18-11-8-12-19-27)39(32(41)31(35(2,3)4)38-34(43)46-5)37-24-36(44,23-25-15-9-7-10-16-25)33(42)40(45)30-22-21-26-17-13-14-20-28(26)30/h1,7-20,29-31,37,44-45H,21-24H2,2-5H3,(H,38,43)/t29?,30?,31-,36+/m1/s1. The van der Waals surface area contributed by atoms with Gasteiger partial charge >= 0.3 is 6.09 Å². The minimum Gasteiger partial charge on any atom is -0.453 e. The number of hydrogen-bond donors (Lipinski definition) is 4. The number of carbonyl (C=O) groups excluding carboxylic acids is 3. The Morgan fingerprint density at radius 2 is 1.61 bits per heavy atom. The fraction of sp³-hybridized carbons (Fsp3) is 0.361. The summed E-state index contributed by atoms with van der Waals surface area (Å²) in [5.41, 5.74) is 2.98. The monoisotopic (exact) mass is 626 g/mol. The molecule has 10 nitrogen and oxygen atoms in total. The SMILES string of the molecule is C#CC(c1ccccc1)N(NC[C@@](O)(Cc1ccccc1)C(=O)N(O)C1CCc2ccccc21)C(=O)[C@@H](NC(=O)OC)C(C)(C)C. The second-order valence-electron chi connectivity index (χ2n) is 12.6. The number of aryl methyl sites for hydroxylation is 1. The van der Waals surface area contributed by atoms with Crippen molar-refractivity contribution >= 4 is 17.9 Å². The first-order valence-electron chi connectivity index (χ1n) is 15.2. The van der Waals surface area contributed by atoms with Crippen LogP contribution in [0.5, 0.6) is 0 Å². The molecule has 0 radical (unpaired) electrons. The Bertz CT molecular complexity index is 1550. The summed E-state index contributed by atoms with van der Waals surface area (Å²) in [6.07, 6.45) is 6.17. The van der Waals surface area contributed by atoms with Crippen LogP contribution >= 0.6 is 0 Å². The summed E-state index contributed by atoms with van der Waals surface area (Å²) in [5, 5.41) is 27.8. The Labute approximate surface area is 270 Å². The van der Waals surface area contributed by atoms with E-state index in [1.807, 2.05) is 36.4 Å². The molecule has 0 saturated carbocycles. The lowest BCUT2D eigenvalue weighted by atomic mass is 9.85. The molecule has 0 heterocycles. The molecule has 46 heavy (non-hydrogen) atoms. The summed E-state index contributed by atoms with van der Waals surface area (Å²) in [4.78, 5) is 40.7. The van der Waals surface area contributed by atoms with Crippen LogP contribution in [0.25, 0.3) is 0 Å². The molecule has 3 amide bonds. The number of ether oxygens (including phenoxy) is 1. The van der Waals surface area contributed by atoms with Crippen molar-refractivity contribution in [2.24, 2.45) is 5.41 Å². The van der Waals surface area contributed by atoms with E-state index in [9.17, 15) is 24.7 Å². The minimum absolute atomic E-state index is 0.178. The first-order valence-corrected chi connectivity index (χ1v) is 15.2. The molecule has 2 unspecified atom stereocenters. The van der Waals surface area contributed by atoms with E-state index < -0.39 is 53.6 Å². The molecule has 0 aromatic heterocycles. The molecule has 0 bridgehead atoms. The van der Waals surface area contributed by atoms with Crippen LogP contribution in [0.2, 0.25) is 0 Å². The van der Waals surface area contributed by atoms with Gasteiger partial charge in [0.1, 0.15) is 12.1 Å². The summed E-state index contributed by atoms with van der Waals surface area (Å²) in [7, 11) is 1.20. The van der Waals surface area contributed by atoms with Crippen LogP contribution in [-0.4, -0.2) is 63.6 Å². The van der Waals surface area contributed by atoms with Crippen molar-refractivity contribution in [1.82, 2.24) is 20.8 Å². The number of benzene rings is 3. The maximum absolute atomic E-state index is 14.3. The van der Waals surface area contributed by atoms with Gasteiger partial charge < -0.3 is 15.2 Å². The van der Waals surface area contributed by atoms with Crippen molar-refractivity contribution in [1.29, 1.82) is 0 Å². The molecule has 4 atom stereocenters. The molecule has 10 heteroatoms. The number of aliphatic hydroxyl groups is 1. The average Bonchev–Trinajstić information content (AvgIpc) is 3.49. The summed E-state index contributed by atoms with van der Waals surface area (Å²) in [5.74, 6) is 1.08. The molecule has 1 aliphatic carbocycles. The molecule has 0 saturated heterocycles. The molecule has 0 aliphatic heterocycles. The molecule has 242 valence electrons. The predicted molar refractivity (Wildman–Crippen MR) is 173 cm³/mol. The predicted octanol–water partition coefficient (Wildman–Crippen LogP) is 4.34. The Morgan fingerprint density at radius 3 is 2.22 bits per heavy atom. The summed E-state index contributed by atoms with van der Waals surface area (Å²) < 4.78 is 4.79. The van der Waals surface area contributed by atoms with Gasteiger partial charge in [-0.2, -0.15) is 0 Å². The second-order valence-corrected chi connectivity index (χ2v) is 12.6. The molecule has 3 aromatic carbocycles. The van der Waals surface area contributed by atoms with Crippen LogP contribution in [-0.2, 0) is 27.2 Å². The van der Waals surface area contributed by atoms with Crippen molar-refractivity contribution < 1.29 is 29.4 Å². The van der Waals surface area contributed by atoms with E-state index in [1.165, 1.54) is 7.11 Å². The van der Waals surface area contributed by atoms with E-state index in [4.69, 9.17) is 11.2 Å². The van der Waals surface area contributed by atoms with Crippen LogP contribution in [0, 0.1) is 17.8 Å². The molecule has 1 aliphatic rings. The zero-order chi connectivity index (χ0) is 33.5. The summed E-state index contributed by atoms with van der Waals surface area (Å²) in [6, 6.07) is 22.5. The van der Waals surface area contributed by atoms with E-state index in [2.05, 4.69) is 16.7 Å². The Hall–Kier alpha value is -4.69. The molecular formula is C36H42N4O6. The number of alkyl carbamates (subject to hydrolysis) is 1. The highest BCUT2D eigenvalue weighted by Gasteiger charge is 2.45. The van der Waals surface area contributed by atoms with Crippen LogP contribution in [0.4, 0.5) is 4.79 Å². The van der Waals surface area contributed by atoms with Crippen LogP contribution in [0.15, 0.2) is 84.9 Å². The summed E-state index contributed by atoms with van der Waals surface area (Å²) in [6.45, 7) is 4.82. The molecule has 4 rings (SSSR count). The van der Waals surface area contributed by atoms with E-state index in [0.29, 0.717) is 29.0 Å². The number of carbonyl (C=O) groups is 3. The molecule has 4 N–H and O–H groups in total. The first kappa shape index (κ1) is 34.2. The summed E-state index contributed by atoms with van der Waals surface area (Å²) >= 11 is 0. The number of hydrazine groups is 1.